The van der Waals surface area contributed by atoms with E-state index in [1.54, 1.807) is 13.1 Å². The molecule has 3 rings (SSSR count). The Balaban J connectivity index is 1.81. The van der Waals surface area contributed by atoms with Gasteiger partial charge in [0.1, 0.15) is 5.60 Å². The standard InChI is InChI=1S/C14H20N2O5/c1-9-5-16(12(18)15-11(9)17)10-4-14(19-6-10)7-20-13(2,3)21-8-14/h5,10H,4,6-8H2,1-3H3,(H,15,17,18)/t10-/m1/s1. The maximum absolute atomic E-state index is 11.9. The van der Waals surface area contributed by atoms with Crippen molar-refractivity contribution in [2.45, 2.75) is 44.6 Å². The maximum Gasteiger partial charge on any atom is 0.328 e. The lowest BCUT2D eigenvalue weighted by Gasteiger charge is -2.40. The molecule has 2 aliphatic rings. The first-order valence-electron chi connectivity index (χ1n) is 7.04. The maximum atomic E-state index is 11.9. The van der Waals surface area contributed by atoms with Gasteiger partial charge in [0.2, 0.25) is 0 Å². The van der Waals surface area contributed by atoms with Crippen LogP contribution in [0.15, 0.2) is 15.8 Å². The van der Waals surface area contributed by atoms with Gasteiger partial charge in [-0.3, -0.25) is 14.3 Å². The monoisotopic (exact) mass is 296 g/mol. The zero-order chi connectivity index (χ0) is 15.3. The first kappa shape index (κ1) is 14.5. The Bertz CT molecular complexity index is 650. The van der Waals surface area contributed by atoms with E-state index in [9.17, 15) is 9.59 Å². The molecule has 2 fully saturated rings. The molecule has 0 unspecified atom stereocenters. The SMILES string of the molecule is Cc1cn([C@H]2COC3(COC(C)(C)OC3)C2)c(=O)[nH]c1=O. The molecule has 3 heterocycles. The van der Waals surface area contributed by atoms with E-state index in [4.69, 9.17) is 14.2 Å². The molecule has 2 aliphatic heterocycles. The predicted molar refractivity (Wildman–Crippen MR) is 74.4 cm³/mol. The summed E-state index contributed by atoms with van der Waals surface area (Å²) in [6.45, 7) is 6.68. The molecule has 116 valence electrons. The Morgan fingerprint density at radius 3 is 2.57 bits per heavy atom. The molecule has 2 saturated heterocycles. The van der Waals surface area contributed by atoms with Crippen LogP contribution in [0.2, 0.25) is 0 Å². The van der Waals surface area contributed by atoms with Crippen molar-refractivity contribution in [1.29, 1.82) is 0 Å². The third-order valence-corrected chi connectivity index (χ3v) is 4.09. The van der Waals surface area contributed by atoms with Crippen LogP contribution in [0.4, 0.5) is 0 Å². The van der Waals surface area contributed by atoms with Gasteiger partial charge in [0.05, 0.1) is 25.9 Å². The first-order valence-corrected chi connectivity index (χ1v) is 7.04. The van der Waals surface area contributed by atoms with E-state index in [-0.39, 0.29) is 11.6 Å². The molecule has 1 aromatic heterocycles. The highest BCUT2D eigenvalue weighted by Gasteiger charge is 2.47. The van der Waals surface area contributed by atoms with E-state index in [2.05, 4.69) is 4.98 Å². The number of hydrogen-bond acceptors (Lipinski definition) is 5. The van der Waals surface area contributed by atoms with Gasteiger partial charge < -0.3 is 14.2 Å². The number of ether oxygens (including phenoxy) is 3. The van der Waals surface area contributed by atoms with Gasteiger partial charge in [-0.25, -0.2) is 4.79 Å². The molecular formula is C14H20N2O5. The first-order chi connectivity index (χ1) is 9.80. The van der Waals surface area contributed by atoms with Gasteiger partial charge in [-0.1, -0.05) is 0 Å². The molecule has 1 spiro atoms. The van der Waals surface area contributed by atoms with Crippen LogP contribution in [0.3, 0.4) is 0 Å². The summed E-state index contributed by atoms with van der Waals surface area (Å²) in [5.74, 6) is -0.599. The Hall–Kier alpha value is -1.44. The smallest absolute Gasteiger partial charge is 0.328 e. The minimum Gasteiger partial charge on any atom is -0.368 e. The van der Waals surface area contributed by atoms with Crippen LogP contribution < -0.4 is 11.2 Å². The summed E-state index contributed by atoms with van der Waals surface area (Å²) in [6.07, 6.45) is 2.21. The number of aryl methyl sites for hydroxylation is 1. The Morgan fingerprint density at radius 1 is 1.24 bits per heavy atom. The lowest BCUT2D eigenvalue weighted by molar-refractivity contribution is -0.301. The van der Waals surface area contributed by atoms with E-state index >= 15 is 0 Å². The highest BCUT2D eigenvalue weighted by Crippen LogP contribution is 2.37. The Morgan fingerprint density at radius 2 is 1.90 bits per heavy atom. The van der Waals surface area contributed by atoms with Crippen molar-refractivity contribution in [1.82, 2.24) is 9.55 Å². The van der Waals surface area contributed by atoms with Gasteiger partial charge in [-0.15, -0.1) is 0 Å². The largest absolute Gasteiger partial charge is 0.368 e. The lowest BCUT2D eigenvalue weighted by atomic mass is 9.98. The molecule has 1 atom stereocenters. The average Bonchev–Trinajstić information content (AvgIpc) is 2.83. The summed E-state index contributed by atoms with van der Waals surface area (Å²) >= 11 is 0. The molecule has 21 heavy (non-hydrogen) atoms. The fourth-order valence-electron chi connectivity index (χ4n) is 2.75. The lowest BCUT2D eigenvalue weighted by Crippen LogP contribution is -2.51. The number of hydrogen-bond donors (Lipinski definition) is 1. The highest BCUT2D eigenvalue weighted by molar-refractivity contribution is 5.04. The quantitative estimate of drug-likeness (QED) is 0.807. The summed E-state index contributed by atoms with van der Waals surface area (Å²) in [5, 5.41) is 0. The number of H-pyrrole nitrogens is 1. The fraction of sp³-hybridized carbons (Fsp3) is 0.714. The zero-order valence-corrected chi connectivity index (χ0v) is 12.5. The molecule has 7 heteroatoms. The molecule has 1 N–H and O–H groups in total. The van der Waals surface area contributed by atoms with Crippen LogP contribution in [0.5, 0.6) is 0 Å². The van der Waals surface area contributed by atoms with Crippen molar-refractivity contribution in [3.63, 3.8) is 0 Å². The molecular weight excluding hydrogens is 276 g/mol. The van der Waals surface area contributed by atoms with Gasteiger partial charge in [0, 0.05) is 18.2 Å². The third-order valence-electron chi connectivity index (χ3n) is 4.09. The number of nitrogens with zero attached hydrogens (tertiary/aromatic N) is 1. The second-order valence-electron chi connectivity index (χ2n) is 6.31. The molecule has 0 bridgehead atoms. The normalized spacial score (nSPS) is 27.1. The fourth-order valence-corrected chi connectivity index (χ4v) is 2.75. The van der Waals surface area contributed by atoms with Crippen molar-refractivity contribution >= 4 is 0 Å². The van der Waals surface area contributed by atoms with Gasteiger partial charge in [0.15, 0.2) is 5.79 Å². The van der Waals surface area contributed by atoms with Gasteiger partial charge >= 0.3 is 5.69 Å². The van der Waals surface area contributed by atoms with Crippen LogP contribution >= 0.6 is 0 Å². The summed E-state index contributed by atoms with van der Waals surface area (Å²) in [6, 6.07) is -0.124. The van der Waals surface area contributed by atoms with Crippen molar-refractivity contribution in [3.05, 3.63) is 32.6 Å². The molecule has 0 radical (unpaired) electrons. The summed E-state index contributed by atoms with van der Waals surface area (Å²) in [4.78, 5) is 25.7. The van der Waals surface area contributed by atoms with Crippen molar-refractivity contribution in [2.75, 3.05) is 19.8 Å². The average molecular weight is 296 g/mol. The third kappa shape index (κ3) is 2.68. The Labute approximate surface area is 121 Å². The van der Waals surface area contributed by atoms with Crippen LogP contribution in [-0.4, -0.2) is 40.8 Å². The summed E-state index contributed by atoms with van der Waals surface area (Å²) < 4.78 is 18.7. The second-order valence-corrected chi connectivity index (χ2v) is 6.31. The molecule has 0 amide bonds. The minimum atomic E-state index is -0.599. The molecule has 0 aromatic carbocycles. The second kappa shape index (κ2) is 4.79. The highest BCUT2D eigenvalue weighted by atomic mass is 16.7. The number of rotatable bonds is 1. The Kier molecular flexibility index (Phi) is 3.31. The predicted octanol–water partition coefficient (Wildman–Crippen LogP) is 0.328. The topological polar surface area (TPSA) is 82.6 Å². The number of aromatic nitrogens is 2. The van der Waals surface area contributed by atoms with Crippen molar-refractivity contribution < 1.29 is 14.2 Å². The van der Waals surface area contributed by atoms with Gasteiger partial charge in [-0.05, 0) is 20.8 Å². The van der Waals surface area contributed by atoms with Crippen molar-refractivity contribution in [3.8, 4) is 0 Å². The molecule has 1 aromatic rings. The van der Waals surface area contributed by atoms with E-state index in [0.29, 0.717) is 31.8 Å². The number of aromatic amines is 1. The molecule has 0 saturated carbocycles. The van der Waals surface area contributed by atoms with Crippen LogP contribution in [0.1, 0.15) is 31.9 Å². The van der Waals surface area contributed by atoms with Crippen LogP contribution in [-0.2, 0) is 14.2 Å². The van der Waals surface area contributed by atoms with Gasteiger partial charge in [-0.2, -0.15) is 0 Å². The molecule has 0 aliphatic carbocycles. The molecule has 7 nitrogen and oxygen atoms in total. The van der Waals surface area contributed by atoms with Gasteiger partial charge in [0.25, 0.3) is 5.56 Å². The van der Waals surface area contributed by atoms with E-state index in [1.165, 1.54) is 4.57 Å². The summed E-state index contributed by atoms with van der Waals surface area (Å²) in [5.41, 5.74) is -0.762. The zero-order valence-electron chi connectivity index (χ0n) is 12.5. The van der Waals surface area contributed by atoms with E-state index < -0.39 is 17.1 Å². The van der Waals surface area contributed by atoms with E-state index in [0.717, 1.165) is 0 Å². The number of nitrogens with one attached hydrogen (secondary N) is 1. The summed E-state index contributed by atoms with van der Waals surface area (Å²) in [7, 11) is 0. The van der Waals surface area contributed by atoms with Crippen molar-refractivity contribution in [2.24, 2.45) is 0 Å². The van der Waals surface area contributed by atoms with Crippen LogP contribution in [0.25, 0.3) is 0 Å². The van der Waals surface area contributed by atoms with E-state index in [1.807, 2.05) is 13.8 Å². The van der Waals surface area contributed by atoms with Crippen LogP contribution in [0, 0.1) is 6.92 Å². The minimum absolute atomic E-state index is 0.124.